The third-order valence-electron chi connectivity index (χ3n) is 6.43. The second-order valence-electron chi connectivity index (χ2n) is 10.2. The highest BCUT2D eigenvalue weighted by Crippen LogP contribution is 2.30. The van der Waals surface area contributed by atoms with Crippen molar-refractivity contribution in [1.82, 2.24) is 0 Å². The fourth-order valence-electron chi connectivity index (χ4n) is 4.72. The lowest BCUT2D eigenvalue weighted by molar-refractivity contribution is -0.124. The van der Waals surface area contributed by atoms with Gasteiger partial charge in [0.05, 0.1) is 0 Å². The number of ether oxygens (including phenoxy) is 2. The van der Waals surface area contributed by atoms with Crippen molar-refractivity contribution in [3.63, 3.8) is 0 Å². The van der Waals surface area contributed by atoms with E-state index in [9.17, 15) is 4.79 Å². The number of benzene rings is 3. The molecule has 0 bridgehead atoms. The predicted octanol–water partition coefficient (Wildman–Crippen LogP) is 7.34. The lowest BCUT2D eigenvalue weighted by Crippen LogP contribution is -2.37. The first-order valence-corrected chi connectivity index (χ1v) is 12.6. The molecule has 5 heteroatoms. The summed E-state index contributed by atoms with van der Waals surface area (Å²) in [5.41, 5.74) is 9.68. The molecule has 0 aliphatic carbocycles. The van der Waals surface area contributed by atoms with Crippen molar-refractivity contribution in [3.05, 3.63) is 81.4 Å². The first kappa shape index (κ1) is 27.1. The second-order valence-corrected chi connectivity index (χ2v) is 10.2. The smallest absolute Gasteiger partial charge is 0.265 e. The first-order chi connectivity index (χ1) is 17.0. The number of carbonyl (C=O) groups excluding carboxylic acids is 1. The van der Waals surface area contributed by atoms with Crippen LogP contribution in [-0.2, 0) is 4.79 Å². The Labute approximate surface area is 216 Å². The van der Waals surface area contributed by atoms with E-state index in [1.165, 1.54) is 22.3 Å². The highest BCUT2D eigenvalue weighted by Gasteiger charge is 2.26. The van der Waals surface area contributed by atoms with E-state index in [2.05, 4.69) is 62.6 Å². The Balaban J connectivity index is 1.73. The highest BCUT2D eigenvalue weighted by molar-refractivity contribution is 5.96. The summed E-state index contributed by atoms with van der Waals surface area (Å²) in [6.07, 6.45) is -0.643. The minimum atomic E-state index is -0.643. The minimum absolute atomic E-state index is 0.0193. The number of amides is 1. The number of carbonyl (C=O) groups is 1. The maximum absolute atomic E-state index is 13.3. The molecule has 0 spiro atoms. The lowest BCUT2D eigenvalue weighted by Gasteiger charge is -2.24. The van der Waals surface area contributed by atoms with Gasteiger partial charge in [0.25, 0.3) is 5.91 Å². The Hall–Kier alpha value is -3.47. The molecule has 5 nitrogen and oxygen atoms in total. The van der Waals surface area contributed by atoms with Gasteiger partial charge in [-0.25, -0.2) is 0 Å². The van der Waals surface area contributed by atoms with Crippen LogP contribution in [0.2, 0.25) is 0 Å². The summed E-state index contributed by atoms with van der Waals surface area (Å²) in [4.78, 5) is 13.3. The van der Waals surface area contributed by atoms with E-state index in [-0.39, 0.29) is 11.8 Å². The molecule has 0 fully saturated rings. The molecular weight excluding hydrogens is 448 g/mol. The molecule has 1 atom stereocenters. The van der Waals surface area contributed by atoms with Gasteiger partial charge in [-0.05, 0) is 88.8 Å². The van der Waals surface area contributed by atoms with Gasteiger partial charge in [0.1, 0.15) is 11.5 Å². The van der Waals surface area contributed by atoms with Crippen molar-refractivity contribution < 1.29 is 14.3 Å². The van der Waals surface area contributed by atoms with Gasteiger partial charge < -0.3 is 20.1 Å². The molecule has 3 aromatic rings. The molecule has 0 heterocycles. The van der Waals surface area contributed by atoms with E-state index >= 15 is 0 Å². The van der Waals surface area contributed by atoms with Gasteiger partial charge in [-0.3, -0.25) is 4.79 Å². The van der Waals surface area contributed by atoms with Crippen LogP contribution in [0.3, 0.4) is 0 Å². The van der Waals surface area contributed by atoms with Crippen LogP contribution >= 0.6 is 0 Å². The number of rotatable bonds is 9. The molecule has 0 aliphatic heterocycles. The third-order valence-corrected chi connectivity index (χ3v) is 6.43. The lowest BCUT2D eigenvalue weighted by atomic mass is 10.0. The molecular formula is C31H40N2O3. The zero-order chi connectivity index (χ0) is 26.6. The van der Waals surface area contributed by atoms with E-state index < -0.39 is 6.10 Å². The van der Waals surface area contributed by atoms with E-state index in [1.54, 1.807) is 0 Å². The molecule has 1 unspecified atom stereocenters. The standard InChI is InChI=1S/C31H40N2O3/c1-18(2)30(31(34)33-29-23(7)15-20(4)16-24(29)8)36-27-12-10-11-26(25(27)9)35-17-32-28-21(5)13-19(3)14-22(28)6/h10-16,18,30,32H,17H2,1-9H3,(H,33,34). The van der Waals surface area contributed by atoms with Crippen LogP contribution in [0.1, 0.15) is 52.8 Å². The van der Waals surface area contributed by atoms with Crippen molar-refractivity contribution in [1.29, 1.82) is 0 Å². The maximum Gasteiger partial charge on any atom is 0.265 e. The van der Waals surface area contributed by atoms with Gasteiger partial charge in [0.2, 0.25) is 0 Å². The SMILES string of the molecule is Cc1cc(C)c(NCOc2cccc(OC(C(=O)Nc3c(C)cc(C)cc3C)C(C)C)c2C)c(C)c1. The Morgan fingerprint density at radius 2 is 1.28 bits per heavy atom. The zero-order valence-electron chi connectivity index (χ0n) is 23.1. The van der Waals surface area contributed by atoms with Crippen LogP contribution in [0.4, 0.5) is 11.4 Å². The van der Waals surface area contributed by atoms with Crippen molar-refractivity contribution in [2.45, 2.75) is 68.4 Å². The summed E-state index contributed by atoms with van der Waals surface area (Å²) < 4.78 is 12.4. The molecule has 0 radical (unpaired) electrons. The third kappa shape index (κ3) is 6.39. The first-order valence-electron chi connectivity index (χ1n) is 12.6. The molecule has 2 N–H and O–H groups in total. The quantitative estimate of drug-likeness (QED) is 0.309. The Morgan fingerprint density at radius 1 is 0.778 bits per heavy atom. The summed E-state index contributed by atoms with van der Waals surface area (Å²) in [5.74, 6) is 1.18. The number of aryl methyl sites for hydroxylation is 6. The molecule has 3 rings (SSSR count). The molecule has 0 saturated heterocycles. The predicted molar refractivity (Wildman–Crippen MR) is 149 cm³/mol. The molecule has 3 aromatic carbocycles. The summed E-state index contributed by atoms with van der Waals surface area (Å²) in [6.45, 7) is 18.6. The summed E-state index contributed by atoms with van der Waals surface area (Å²) >= 11 is 0. The zero-order valence-corrected chi connectivity index (χ0v) is 23.1. The van der Waals surface area contributed by atoms with Gasteiger partial charge >= 0.3 is 0 Å². The molecule has 36 heavy (non-hydrogen) atoms. The largest absolute Gasteiger partial charge is 0.480 e. The van der Waals surface area contributed by atoms with Gasteiger partial charge in [-0.2, -0.15) is 0 Å². The average molecular weight is 489 g/mol. The van der Waals surface area contributed by atoms with Gasteiger partial charge in [-0.1, -0.05) is 55.3 Å². The summed E-state index contributed by atoms with van der Waals surface area (Å²) in [5, 5.41) is 6.50. The Morgan fingerprint density at radius 3 is 1.81 bits per heavy atom. The second kappa shape index (κ2) is 11.5. The Kier molecular flexibility index (Phi) is 8.67. The summed E-state index contributed by atoms with van der Waals surface area (Å²) in [6, 6.07) is 14.2. The van der Waals surface area contributed by atoms with Crippen molar-refractivity contribution in [2.75, 3.05) is 17.4 Å². The average Bonchev–Trinajstić information content (AvgIpc) is 2.77. The number of nitrogens with one attached hydrogen (secondary N) is 2. The van der Waals surface area contributed by atoms with Gasteiger partial charge in [-0.15, -0.1) is 0 Å². The van der Waals surface area contributed by atoms with E-state index in [0.29, 0.717) is 12.5 Å². The van der Waals surface area contributed by atoms with Crippen LogP contribution in [0.15, 0.2) is 42.5 Å². The number of hydrogen-bond donors (Lipinski definition) is 2. The number of anilines is 2. The van der Waals surface area contributed by atoms with E-state index in [1.807, 2.05) is 52.8 Å². The van der Waals surface area contributed by atoms with Gasteiger partial charge in [0.15, 0.2) is 12.8 Å². The van der Waals surface area contributed by atoms with Crippen molar-refractivity contribution >= 4 is 17.3 Å². The van der Waals surface area contributed by atoms with Crippen LogP contribution in [0.5, 0.6) is 11.5 Å². The van der Waals surface area contributed by atoms with Gasteiger partial charge in [0, 0.05) is 16.9 Å². The van der Waals surface area contributed by atoms with Crippen LogP contribution in [0.25, 0.3) is 0 Å². The number of hydrogen-bond acceptors (Lipinski definition) is 4. The Bertz CT molecular complexity index is 1200. The topological polar surface area (TPSA) is 59.6 Å². The minimum Gasteiger partial charge on any atom is -0.480 e. The molecule has 0 saturated carbocycles. The van der Waals surface area contributed by atoms with Crippen molar-refractivity contribution in [2.24, 2.45) is 5.92 Å². The normalized spacial score (nSPS) is 11.8. The molecule has 192 valence electrons. The highest BCUT2D eigenvalue weighted by atomic mass is 16.5. The van der Waals surface area contributed by atoms with Crippen LogP contribution in [0, 0.1) is 54.4 Å². The fourth-order valence-corrected chi connectivity index (χ4v) is 4.72. The summed E-state index contributed by atoms with van der Waals surface area (Å²) in [7, 11) is 0. The maximum atomic E-state index is 13.3. The fraction of sp³-hybridized carbons (Fsp3) is 0.387. The van der Waals surface area contributed by atoms with E-state index in [0.717, 1.165) is 33.8 Å². The van der Waals surface area contributed by atoms with Crippen molar-refractivity contribution in [3.8, 4) is 11.5 Å². The molecule has 1 amide bonds. The van der Waals surface area contributed by atoms with Crippen LogP contribution < -0.4 is 20.1 Å². The van der Waals surface area contributed by atoms with E-state index in [4.69, 9.17) is 9.47 Å². The molecule has 0 aliphatic rings. The monoisotopic (exact) mass is 488 g/mol. The van der Waals surface area contributed by atoms with Crippen LogP contribution in [-0.4, -0.2) is 18.7 Å². The molecule has 0 aromatic heterocycles.